The Morgan fingerprint density at radius 3 is 2.35 bits per heavy atom. The molecule has 0 spiro atoms. The number of nitrogens with one attached hydrogen (secondary N) is 2. The van der Waals surface area contributed by atoms with E-state index in [0.717, 1.165) is 39.0 Å². The molecular formula is C36H28F3N7O4S. The fraction of sp³-hybridized carbons (Fsp3) is 0.194. The highest BCUT2D eigenvalue weighted by molar-refractivity contribution is 7.13. The quantitative estimate of drug-likeness (QED) is 0.136. The van der Waals surface area contributed by atoms with Crippen LogP contribution >= 0.6 is 11.3 Å². The van der Waals surface area contributed by atoms with Crippen LogP contribution in [0.15, 0.2) is 89.1 Å². The van der Waals surface area contributed by atoms with Crippen molar-refractivity contribution in [1.82, 2.24) is 30.5 Å². The summed E-state index contributed by atoms with van der Waals surface area (Å²) in [6.07, 6.45) is -0.0403. The third kappa shape index (κ3) is 7.19. The van der Waals surface area contributed by atoms with E-state index in [1.54, 1.807) is 13.0 Å². The number of urea groups is 1. The summed E-state index contributed by atoms with van der Waals surface area (Å²) in [6, 6.07) is 18.8. The van der Waals surface area contributed by atoms with E-state index < -0.39 is 23.9 Å². The summed E-state index contributed by atoms with van der Waals surface area (Å²) in [5.41, 5.74) is 5.10. The lowest BCUT2D eigenvalue weighted by atomic mass is 9.98. The Morgan fingerprint density at radius 1 is 0.922 bits per heavy atom. The minimum absolute atomic E-state index is 0.0232. The van der Waals surface area contributed by atoms with E-state index in [9.17, 15) is 22.8 Å². The van der Waals surface area contributed by atoms with Gasteiger partial charge in [-0.05, 0) is 41.3 Å². The van der Waals surface area contributed by atoms with Gasteiger partial charge in [-0.15, -0.1) is 21.5 Å². The number of anilines is 1. The number of rotatable bonds is 10. The van der Waals surface area contributed by atoms with Gasteiger partial charge in [0.05, 0.1) is 12.0 Å². The van der Waals surface area contributed by atoms with Crippen molar-refractivity contribution in [1.29, 1.82) is 0 Å². The van der Waals surface area contributed by atoms with Gasteiger partial charge in [0.1, 0.15) is 17.4 Å². The van der Waals surface area contributed by atoms with Gasteiger partial charge in [0.2, 0.25) is 11.8 Å². The second kappa shape index (κ2) is 14.1. The third-order valence-corrected chi connectivity index (χ3v) is 9.06. The zero-order chi connectivity index (χ0) is 35.5. The molecule has 0 saturated carbocycles. The Balaban J connectivity index is 1.05. The molecule has 15 heteroatoms. The van der Waals surface area contributed by atoms with Crippen molar-refractivity contribution in [3.05, 3.63) is 107 Å². The number of thiazole rings is 1. The van der Waals surface area contributed by atoms with E-state index in [4.69, 9.17) is 9.15 Å². The highest BCUT2D eigenvalue weighted by atomic mass is 32.1. The molecule has 0 radical (unpaired) electrons. The number of hydrogen-bond acceptors (Lipinski definition) is 10. The second-order valence-electron chi connectivity index (χ2n) is 11.5. The number of alkyl halides is 3. The molecule has 258 valence electrons. The van der Waals surface area contributed by atoms with Crippen LogP contribution in [0, 0.1) is 0 Å². The van der Waals surface area contributed by atoms with Crippen LogP contribution in [0.5, 0.6) is 0 Å². The van der Waals surface area contributed by atoms with Crippen LogP contribution in [0.3, 0.4) is 0 Å². The Kier molecular flexibility index (Phi) is 9.28. The topological polar surface area (TPSA) is 145 Å². The van der Waals surface area contributed by atoms with Crippen LogP contribution in [-0.2, 0) is 22.1 Å². The van der Waals surface area contributed by atoms with Gasteiger partial charge < -0.3 is 14.5 Å². The first-order valence-corrected chi connectivity index (χ1v) is 16.8. The highest BCUT2D eigenvalue weighted by Gasteiger charge is 2.34. The molecule has 0 unspecified atom stereocenters. The highest BCUT2D eigenvalue weighted by Crippen LogP contribution is 2.44. The number of fused-ring (bicyclic) bond motifs is 3. The van der Waals surface area contributed by atoms with E-state index in [2.05, 4.69) is 60.0 Å². The first-order valence-electron chi connectivity index (χ1n) is 15.9. The van der Waals surface area contributed by atoms with Crippen molar-refractivity contribution in [2.75, 3.05) is 18.5 Å². The van der Waals surface area contributed by atoms with Crippen LogP contribution in [0.2, 0.25) is 0 Å². The molecule has 0 bridgehead atoms. The van der Waals surface area contributed by atoms with Gasteiger partial charge in [-0.25, -0.2) is 14.8 Å². The molecule has 0 fully saturated rings. The third-order valence-electron chi connectivity index (χ3n) is 8.19. The molecular weight excluding hydrogens is 684 g/mol. The molecule has 1 aliphatic rings. The van der Waals surface area contributed by atoms with Crippen molar-refractivity contribution in [3.63, 3.8) is 0 Å². The zero-order valence-electron chi connectivity index (χ0n) is 26.9. The summed E-state index contributed by atoms with van der Waals surface area (Å²) in [5.74, 6) is 0.00741. The van der Waals surface area contributed by atoms with Gasteiger partial charge in [0.25, 0.3) is 0 Å². The molecule has 4 heterocycles. The van der Waals surface area contributed by atoms with Crippen molar-refractivity contribution >= 4 is 29.2 Å². The van der Waals surface area contributed by atoms with Crippen LogP contribution < -0.4 is 10.6 Å². The summed E-state index contributed by atoms with van der Waals surface area (Å²) in [6.45, 7) is 2.31. The number of aromatic nitrogens is 5. The first-order chi connectivity index (χ1) is 24.7. The molecule has 0 atom stereocenters. The van der Waals surface area contributed by atoms with Crippen molar-refractivity contribution in [2.24, 2.45) is 0 Å². The summed E-state index contributed by atoms with van der Waals surface area (Å²) in [5, 5.41) is 14.3. The molecule has 11 nitrogen and oxygen atoms in total. The zero-order valence-corrected chi connectivity index (χ0v) is 27.7. The van der Waals surface area contributed by atoms with E-state index in [-0.39, 0.29) is 48.0 Å². The van der Waals surface area contributed by atoms with Crippen LogP contribution in [0.1, 0.15) is 42.0 Å². The van der Waals surface area contributed by atoms with Crippen LogP contribution in [-0.4, -0.2) is 50.3 Å². The lowest BCUT2D eigenvalue weighted by Gasteiger charge is -2.14. The smallest absolute Gasteiger partial charge is 0.434 e. The van der Waals surface area contributed by atoms with Crippen LogP contribution in [0.25, 0.3) is 44.3 Å². The fourth-order valence-electron chi connectivity index (χ4n) is 5.85. The number of carbonyl (C=O) groups is 2. The molecule has 7 rings (SSSR count). The molecule has 2 aromatic carbocycles. The first kappa shape index (κ1) is 33.5. The van der Waals surface area contributed by atoms with Gasteiger partial charge >= 0.3 is 18.2 Å². The van der Waals surface area contributed by atoms with Crippen molar-refractivity contribution in [2.45, 2.75) is 31.9 Å². The predicted molar refractivity (Wildman–Crippen MR) is 183 cm³/mol. The fourth-order valence-corrected chi connectivity index (χ4v) is 6.71. The standard InChI is InChI=1S/C36H28F3N7O4S/c1-2-41-35(48)44-30-14-26(34-43-29(19-51-34)36(37,38)39)27(17-42-30)20-13-21(16-40-15-20)33-46-45-31(50-33)11-12-32(47)49-18-28-24-9-5-3-7-22(24)23-8-4-6-10-25(23)28/h3-10,13-17,19,28H,2,11-12,18H2,1H3,(H2,41,42,44,48). The maximum atomic E-state index is 13.4. The Bertz CT molecular complexity index is 2190. The summed E-state index contributed by atoms with van der Waals surface area (Å²) < 4.78 is 51.8. The molecule has 51 heavy (non-hydrogen) atoms. The van der Waals surface area contributed by atoms with Crippen molar-refractivity contribution < 1.29 is 31.9 Å². The Labute approximate surface area is 293 Å². The van der Waals surface area contributed by atoms with Gasteiger partial charge in [0, 0.05) is 59.5 Å². The summed E-state index contributed by atoms with van der Waals surface area (Å²) in [4.78, 5) is 37.3. The molecule has 6 aromatic rings. The van der Waals surface area contributed by atoms with Crippen LogP contribution in [0.4, 0.5) is 23.8 Å². The van der Waals surface area contributed by atoms with E-state index in [1.807, 2.05) is 24.3 Å². The Hall–Kier alpha value is -5.96. The molecule has 2 amide bonds. The second-order valence-corrected chi connectivity index (χ2v) is 12.4. The SMILES string of the molecule is CCNC(=O)Nc1cc(-c2nc(C(F)(F)F)cs2)c(-c2cncc(-c3nnc(CCC(=O)OCC4c5ccccc5-c5ccccc54)o3)c2)cn1. The average Bonchev–Trinajstić information content (AvgIpc) is 3.89. The van der Waals surface area contributed by atoms with E-state index >= 15 is 0 Å². The number of halogens is 3. The molecule has 4 aromatic heterocycles. The van der Waals surface area contributed by atoms with Gasteiger partial charge in [-0.1, -0.05) is 48.5 Å². The minimum Gasteiger partial charge on any atom is -0.465 e. The maximum absolute atomic E-state index is 13.4. The van der Waals surface area contributed by atoms with Gasteiger partial charge in [-0.2, -0.15) is 13.2 Å². The number of carbonyl (C=O) groups excluding carboxylic acids is 2. The summed E-state index contributed by atoms with van der Waals surface area (Å²) in [7, 11) is 0. The Morgan fingerprint density at radius 2 is 1.65 bits per heavy atom. The number of pyridine rings is 2. The van der Waals surface area contributed by atoms with Crippen molar-refractivity contribution in [3.8, 4) is 44.3 Å². The largest absolute Gasteiger partial charge is 0.465 e. The minimum atomic E-state index is -4.63. The summed E-state index contributed by atoms with van der Waals surface area (Å²) >= 11 is 0.806. The van der Waals surface area contributed by atoms with E-state index in [0.29, 0.717) is 28.8 Å². The number of ether oxygens (including phenoxy) is 1. The lowest BCUT2D eigenvalue weighted by molar-refractivity contribution is -0.144. The number of benzene rings is 2. The number of hydrogen-bond donors (Lipinski definition) is 2. The van der Waals surface area contributed by atoms with Gasteiger partial charge in [0.15, 0.2) is 5.69 Å². The number of esters is 1. The normalized spacial score (nSPS) is 12.3. The molecule has 2 N–H and O–H groups in total. The predicted octanol–water partition coefficient (Wildman–Crippen LogP) is 7.77. The molecule has 0 aliphatic heterocycles. The molecule has 1 aliphatic carbocycles. The maximum Gasteiger partial charge on any atom is 0.434 e. The average molecular weight is 712 g/mol. The van der Waals surface area contributed by atoms with Gasteiger partial charge in [-0.3, -0.25) is 15.1 Å². The lowest BCUT2D eigenvalue weighted by Crippen LogP contribution is -2.28. The number of aryl methyl sites for hydroxylation is 1. The van der Waals surface area contributed by atoms with E-state index in [1.165, 1.54) is 24.7 Å². The monoisotopic (exact) mass is 711 g/mol. The number of nitrogens with zero attached hydrogens (tertiary/aromatic N) is 5. The molecule has 0 saturated heterocycles. The number of amides is 2.